The number of guanidine groups is 1. The highest BCUT2D eigenvalue weighted by Gasteiger charge is 2.17. The average Bonchev–Trinajstić information content (AvgIpc) is 3.01. The molecule has 1 aliphatic rings. The number of rotatable bonds is 5. The van der Waals surface area contributed by atoms with Gasteiger partial charge in [0, 0.05) is 31.7 Å². The van der Waals surface area contributed by atoms with Crippen molar-refractivity contribution in [2.75, 3.05) is 26.2 Å². The van der Waals surface area contributed by atoms with E-state index in [9.17, 15) is 0 Å². The number of likely N-dealkylation sites (tertiary alicyclic amines) is 1. The molecule has 1 N–H and O–H groups in total. The highest BCUT2D eigenvalue weighted by Crippen LogP contribution is 2.19. The molecule has 0 atom stereocenters. The normalized spacial score (nSPS) is 14.6. The van der Waals surface area contributed by atoms with Crippen LogP contribution >= 0.6 is 24.0 Å². The van der Waals surface area contributed by atoms with Crippen molar-refractivity contribution in [3.63, 3.8) is 0 Å². The number of hydrogen-bond acceptors (Lipinski definition) is 3. The van der Waals surface area contributed by atoms with Gasteiger partial charge in [0.25, 0.3) is 0 Å². The Morgan fingerprint density at radius 3 is 2.54 bits per heavy atom. The minimum atomic E-state index is 0. The summed E-state index contributed by atoms with van der Waals surface area (Å²) >= 11 is 0. The van der Waals surface area contributed by atoms with Crippen LogP contribution in [0.1, 0.15) is 42.3 Å². The largest absolute Gasteiger partial charge is 0.361 e. The van der Waals surface area contributed by atoms with Gasteiger partial charge in [-0.1, -0.05) is 47.1 Å². The lowest BCUT2D eigenvalue weighted by atomic mass is 10.0. The van der Waals surface area contributed by atoms with Crippen molar-refractivity contribution in [2.45, 2.75) is 40.0 Å². The Hall–Kier alpha value is -1.83. The third-order valence-corrected chi connectivity index (χ3v) is 5.02. The molecule has 3 rings (SSSR count). The van der Waals surface area contributed by atoms with Gasteiger partial charge in [-0.3, -0.25) is 4.99 Å². The maximum Gasteiger partial charge on any atom is 0.193 e. The van der Waals surface area contributed by atoms with E-state index in [0.717, 1.165) is 62.9 Å². The van der Waals surface area contributed by atoms with E-state index < -0.39 is 0 Å². The first kappa shape index (κ1) is 22.5. The first-order valence-corrected chi connectivity index (χ1v) is 9.87. The van der Waals surface area contributed by atoms with Gasteiger partial charge in [-0.05, 0) is 45.6 Å². The zero-order valence-corrected chi connectivity index (χ0v) is 19.4. The van der Waals surface area contributed by atoms with Gasteiger partial charge < -0.3 is 14.7 Å². The summed E-state index contributed by atoms with van der Waals surface area (Å²) in [6.45, 7) is 9.73. The second kappa shape index (κ2) is 11.2. The van der Waals surface area contributed by atoms with E-state index in [-0.39, 0.29) is 24.0 Å². The molecule has 152 valence electrons. The molecule has 5 nitrogen and oxygen atoms in total. The second-order valence-corrected chi connectivity index (χ2v) is 6.99. The summed E-state index contributed by atoms with van der Waals surface area (Å²) in [5.74, 6) is 1.92. The molecule has 6 heteroatoms. The number of aromatic nitrogens is 1. The predicted molar refractivity (Wildman–Crippen MR) is 126 cm³/mol. The molecule has 0 saturated carbocycles. The first-order chi connectivity index (χ1) is 13.2. The number of aryl methyl sites for hydroxylation is 2. The van der Waals surface area contributed by atoms with Crippen LogP contribution in [0.15, 0.2) is 45.4 Å². The van der Waals surface area contributed by atoms with Crippen molar-refractivity contribution < 1.29 is 4.52 Å². The Kier molecular flexibility index (Phi) is 9.02. The summed E-state index contributed by atoms with van der Waals surface area (Å²) in [5.41, 5.74) is 4.97. The molecule has 1 aromatic carbocycles. The molecule has 1 aromatic heterocycles. The molecule has 2 heterocycles. The third kappa shape index (κ3) is 6.09. The molecule has 1 aliphatic heterocycles. The molecule has 0 unspecified atom stereocenters. The van der Waals surface area contributed by atoms with Gasteiger partial charge in [0.05, 0.1) is 5.69 Å². The zero-order chi connectivity index (χ0) is 19.1. The molecule has 0 spiro atoms. The SMILES string of the molecule is CCNC(=NCCc1c(C)noc1C)N1CCC(=Cc2ccccc2)CC1.I. The van der Waals surface area contributed by atoms with Gasteiger partial charge in [-0.15, -0.1) is 24.0 Å². The van der Waals surface area contributed by atoms with Crippen LogP contribution < -0.4 is 5.32 Å². The van der Waals surface area contributed by atoms with E-state index in [1.54, 1.807) is 0 Å². The highest BCUT2D eigenvalue weighted by atomic mass is 127. The van der Waals surface area contributed by atoms with E-state index in [4.69, 9.17) is 9.52 Å². The Bertz CT molecular complexity index is 769. The summed E-state index contributed by atoms with van der Waals surface area (Å²) in [4.78, 5) is 7.22. The van der Waals surface area contributed by atoms with Crippen molar-refractivity contribution in [3.8, 4) is 0 Å². The summed E-state index contributed by atoms with van der Waals surface area (Å²) in [6, 6.07) is 10.6. The number of hydrogen-bond donors (Lipinski definition) is 1. The van der Waals surface area contributed by atoms with Gasteiger partial charge in [0.2, 0.25) is 0 Å². The maximum atomic E-state index is 5.25. The summed E-state index contributed by atoms with van der Waals surface area (Å²) in [5, 5.41) is 7.47. The van der Waals surface area contributed by atoms with E-state index in [0.29, 0.717) is 0 Å². The van der Waals surface area contributed by atoms with Crippen LogP contribution in [0.3, 0.4) is 0 Å². The van der Waals surface area contributed by atoms with Gasteiger partial charge in [0.1, 0.15) is 5.76 Å². The molecular formula is C22H31IN4O. The number of aliphatic imine (C=N–C) groups is 1. The molecular weight excluding hydrogens is 463 g/mol. The fourth-order valence-electron chi connectivity index (χ4n) is 3.49. The lowest BCUT2D eigenvalue weighted by Crippen LogP contribution is -2.44. The molecule has 0 radical (unpaired) electrons. The minimum absolute atomic E-state index is 0. The van der Waals surface area contributed by atoms with Crippen LogP contribution in [-0.4, -0.2) is 42.2 Å². The number of piperidine rings is 1. The van der Waals surface area contributed by atoms with Crippen molar-refractivity contribution in [1.29, 1.82) is 0 Å². The highest BCUT2D eigenvalue weighted by molar-refractivity contribution is 14.0. The molecule has 1 saturated heterocycles. The van der Waals surface area contributed by atoms with Crippen LogP contribution in [0.4, 0.5) is 0 Å². The van der Waals surface area contributed by atoms with E-state index in [2.05, 4.69) is 58.7 Å². The van der Waals surface area contributed by atoms with E-state index in [1.807, 2.05) is 13.8 Å². The van der Waals surface area contributed by atoms with E-state index >= 15 is 0 Å². The number of nitrogens with zero attached hydrogens (tertiary/aromatic N) is 3. The van der Waals surface area contributed by atoms with Gasteiger partial charge in [-0.2, -0.15) is 0 Å². The second-order valence-electron chi connectivity index (χ2n) is 6.99. The summed E-state index contributed by atoms with van der Waals surface area (Å²) in [6.07, 6.45) is 5.37. The Balaban J connectivity index is 0.00000280. The lowest BCUT2D eigenvalue weighted by molar-refractivity contribution is 0.375. The predicted octanol–water partition coefficient (Wildman–Crippen LogP) is 4.60. The summed E-state index contributed by atoms with van der Waals surface area (Å²) in [7, 11) is 0. The quantitative estimate of drug-likeness (QED) is 0.375. The molecule has 0 bridgehead atoms. The van der Waals surface area contributed by atoms with Crippen LogP contribution in [-0.2, 0) is 6.42 Å². The Morgan fingerprint density at radius 2 is 1.93 bits per heavy atom. The monoisotopic (exact) mass is 494 g/mol. The Morgan fingerprint density at radius 1 is 1.21 bits per heavy atom. The number of benzene rings is 1. The molecule has 28 heavy (non-hydrogen) atoms. The van der Waals surface area contributed by atoms with Crippen molar-refractivity contribution in [3.05, 3.63) is 58.5 Å². The van der Waals surface area contributed by atoms with Crippen LogP contribution in [0.5, 0.6) is 0 Å². The fraction of sp³-hybridized carbons (Fsp3) is 0.455. The topological polar surface area (TPSA) is 53.7 Å². The Labute approximate surface area is 185 Å². The average molecular weight is 494 g/mol. The first-order valence-electron chi connectivity index (χ1n) is 9.87. The summed E-state index contributed by atoms with van der Waals surface area (Å²) < 4.78 is 5.25. The van der Waals surface area contributed by atoms with E-state index in [1.165, 1.54) is 16.7 Å². The number of nitrogens with one attached hydrogen (secondary N) is 1. The van der Waals surface area contributed by atoms with Gasteiger partial charge in [-0.25, -0.2) is 0 Å². The fourth-order valence-corrected chi connectivity index (χ4v) is 3.49. The van der Waals surface area contributed by atoms with Crippen molar-refractivity contribution >= 4 is 36.0 Å². The standard InChI is InChI=1S/C22H30N4O.HI/c1-4-23-22(24-13-10-21-17(2)25-27-18(21)3)26-14-11-20(12-15-26)16-19-8-6-5-7-9-19;/h5-9,16H,4,10-15H2,1-3H3,(H,23,24);1H. The van der Waals surface area contributed by atoms with Crippen LogP contribution in [0, 0.1) is 13.8 Å². The molecule has 0 amide bonds. The van der Waals surface area contributed by atoms with Crippen molar-refractivity contribution in [2.24, 2.45) is 4.99 Å². The maximum absolute atomic E-state index is 5.25. The minimum Gasteiger partial charge on any atom is -0.361 e. The molecule has 0 aliphatic carbocycles. The van der Waals surface area contributed by atoms with Gasteiger partial charge in [0.15, 0.2) is 5.96 Å². The molecule has 2 aromatic rings. The van der Waals surface area contributed by atoms with Crippen LogP contribution in [0.25, 0.3) is 6.08 Å². The lowest BCUT2D eigenvalue weighted by Gasteiger charge is -2.31. The molecule has 1 fully saturated rings. The van der Waals surface area contributed by atoms with Gasteiger partial charge >= 0.3 is 0 Å². The third-order valence-electron chi connectivity index (χ3n) is 5.02. The van der Waals surface area contributed by atoms with Crippen LogP contribution in [0.2, 0.25) is 0 Å². The van der Waals surface area contributed by atoms with Crippen molar-refractivity contribution in [1.82, 2.24) is 15.4 Å². The number of halogens is 1. The zero-order valence-electron chi connectivity index (χ0n) is 17.1. The smallest absolute Gasteiger partial charge is 0.193 e.